The molecule has 0 spiro atoms. The van der Waals surface area contributed by atoms with Crippen LogP contribution >= 0.6 is 0 Å². The maximum Gasteiger partial charge on any atom is 0.413 e. The molecule has 1 N–H and O–H groups in total. The van der Waals surface area contributed by atoms with Crippen molar-refractivity contribution >= 4 is 6.09 Å². The second-order valence-corrected chi connectivity index (χ2v) is 5.57. The van der Waals surface area contributed by atoms with E-state index in [-0.39, 0.29) is 6.04 Å². The van der Waals surface area contributed by atoms with Crippen LogP contribution in [0.5, 0.6) is 0 Å². The summed E-state index contributed by atoms with van der Waals surface area (Å²) >= 11 is 0. The highest BCUT2D eigenvalue weighted by Crippen LogP contribution is 2.40. The lowest BCUT2D eigenvalue weighted by Crippen LogP contribution is -2.37. The van der Waals surface area contributed by atoms with Gasteiger partial charge in [0.2, 0.25) is 0 Å². The molecule has 0 aromatic heterocycles. The van der Waals surface area contributed by atoms with Crippen LogP contribution in [0.2, 0.25) is 0 Å². The van der Waals surface area contributed by atoms with Gasteiger partial charge < -0.3 is 9.84 Å². The molecular weight excluding hydrogens is 230 g/mol. The van der Waals surface area contributed by atoms with Gasteiger partial charge in [0.25, 0.3) is 0 Å². The van der Waals surface area contributed by atoms with Crippen LogP contribution in [-0.4, -0.2) is 21.7 Å². The normalized spacial score (nSPS) is 22.8. The number of carbonyl (C=O) groups is 1. The molecule has 0 fully saturated rings. The van der Waals surface area contributed by atoms with E-state index in [0.717, 1.165) is 11.1 Å². The molecule has 4 heteroatoms. The number of carbonyl (C=O) groups excluding carboxylic acids is 1. The monoisotopic (exact) mass is 249 g/mol. The van der Waals surface area contributed by atoms with Crippen molar-refractivity contribution in [2.75, 3.05) is 0 Å². The first-order chi connectivity index (χ1) is 8.31. The van der Waals surface area contributed by atoms with E-state index in [4.69, 9.17) is 4.74 Å². The molecule has 1 aliphatic heterocycles. The van der Waals surface area contributed by atoms with Gasteiger partial charge in [0.15, 0.2) is 6.23 Å². The van der Waals surface area contributed by atoms with Crippen molar-refractivity contribution in [3.63, 3.8) is 0 Å². The molecule has 0 saturated carbocycles. The van der Waals surface area contributed by atoms with Crippen LogP contribution in [0.1, 0.15) is 51.1 Å². The number of nitrogens with zero attached hydrogens (tertiary/aromatic N) is 1. The molecule has 0 radical (unpaired) electrons. The van der Waals surface area contributed by atoms with Crippen molar-refractivity contribution in [3.05, 3.63) is 35.4 Å². The lowest BCUT2D eigenvalue weighted by Gasteiger charge is -2.29. The van der Waals surface area contributed by atoms with E-state index in [1.54, 1.807) is 0 Å². The Hall–Kier alpha value is -1.55. The van der Waals surface area contributed by atoms with Crippen molar-refractivity contribution in [2.45, 2.75) is 45.6 Å². The average molecular weight is 249 g/mol. The first-order valence-corrected chi connectivity index (χ1v) is 6.09. The van der Waals surface area contributed by atoms with Crippen molar-refractivity contribution in [1.29, 1.82) is 0 Å². The van der Waals surface area contributed by atoms with Crippen LogP contribution in [0.3, 0.4) is 0 Å². The Kier molecular flexibility index (Phi) is 3.07. The Morgan fingerprint density at radius 2 is 1.83 bits per heavy atom. The molecule has 18 heavy (non-hydrogen) atoms. The van der Waals surface area contributed by atoms with Crippen LogP contribution in [-0.2, 0) is 4.74 Å². The number of amides is 1. The van der Waals surface area contributed by atoms with E-state index in [2.05, 4.69) is 0 Å². The van der Waals surface area contributed by atoms with E-state index in [0.29, 0.717) is 0 Å². The highest BCUT2D eigenvalue weighted by Gasteiger charge is 2.39. The second-order valence-electron chi connectivity index (χ2n) is 5.57. The first kappa shape index (κ1) is 12.9. The van der Waals surface area contributed by atoms with E-state index >= 15 is 0 Å². The van der Waals surface area contributed by atoms with Crippen molar-refractivity contribution in [3.8, 4) is 0 Å². The Bertz CT molecular complexity index is 435. The van der Waals surface area contributed by atoms with E-state index in [1.807, 2.05) is 52.0 Å². The predicted octanol–water partition coefficient (Wildman–Crippen LogP) is 2.99. The van der Waals surface area contributed by atoms with Crippen molar-refractivity contribution in [2.24, 2.45) is 0 Å². The standard InChI is InChI=1S/C14H19NO3/c1-9-10-7-5-6-8-11(10)12(16)15(9)13(17)18-14(2,3)4/h5-9,12,16H,1-4H3. The number of rotatable bonds is 0. The molecule has 1 aliphatic rings. The SMILES string of the molecule is CC1c2ccccc2C(O)N1C(=O)OC(C)(C)C. The molecule has 0 bridgehead atoms. The summed E-state index contributed by atoms with van der Waals surface area (Å²) in [5, 5.41) is 10.2. The molecule has 1 aromatic carbocycles. The summed E-state index contributed by atoms with van der Waals surface area (Å²) in [5.74, 6) is 0. The molecule has 0 aliphatic carbocycles. The third-order valence-corrected chi connectivity index (χ3v) is 3.01. The van der Waals surface area contributed by atoms with Gasteiger partial charge in [-0.1, -0.05) is 24.3 Å². The molecule has 0 saturated heterocycles. The zero-order valence-electron chi connectivity index (χ0n) is 11.2. The maximum absolute atomic E-state index is 12.1. The number of benzene rings is 1. The first-order valence-electron chi connectivity index (χ1n) is 6.09. The molecule has 4 nitrogen and oxygen atoms in total. The average Bonchev–Trinajstić information content (AvgIpc) is 2.50. The zero-order valence-corrected chi connectivity index (χ0v) is 11.2. The molecule has 2 atom stereocenters. The van der Waals surface area contributed by atoms with Crippen LogP contribution < -0.4 is 0 Å². The van der Waals surface area contributed by atoms with Crippen LogP contribution in [0.15, 0.2) is 24.3 Å². The number of ether oxygens (including phenoxy) is 1. The van der Waals surface area contributed by atoms with Crippen molar-refractivity contribution in [1.82, 2.24) is 4.90 Å². The Morgan fingerprint density at radius 3 is 2.33 bits per heavy atom. The van der Waals surface area contributed by atoms with Gasteiger partial charge >= 0.3 is 6.09 Å². The van der Waals surface area contributed by atoms with Gasteiger partial charge in [0, 0.05) is 5.56 Å². The molecule has 98 valence electrons. The smallest absolute Gasteiger partial charge is 0.413 e. The number of fused-ring (bicyclic) bond motifs is 1. The number of hydrogen-bond acceptors (Lipinski definition) is 3. The van der Waals surface area contributed by atoms with Gasteiger partial charge in [-0.2, -0.15) is 0 Å². The fraction of sp³-hybridized carbons (Fsp3) is 0.500. The molecule has 2 unspecified atom stereocenters. The highest BCUT2D eigenvalue weighted by molar-refractivity contribution is 5.70. The third-order valence-electron chi connectivity index (χ3n) is 3.01. The number of aliphatic hydroxyl groups excluding tert-OH is 1. The van der Waals surface area contributed by atoms with E-state index < -0.39 is 17.9 Å². The largest absolute Gasteiger partial charge is 0.444 e. The topological polar surface area (TPSA) is 49.8 Å². The van der Waals surface area contributed by atoms with Crippen LogP contribution in [0, 0.1) is 0 Å². The minimum Gasteiger partial charge on any atom is -0.444 e. The summed E-state index contributed by atoms with van der Waals surface area (Å²) in [6.07, 6.45) is -1.41. The Morgan fingerprint density at radius 1 is 1.28 bits per heavy atom. The van der Waals surface area contributed by atoms with Gasteiger partial charge in [-0.05, 0) is 33.3 Å². The van der Waals surface area contributed by atoms with Gasteiger partial charge in [0.05, 0.1) is 6.04 Å². The Labute approximate surface area is 107 Å². The van der Waals surface area contributed by atoms with E-state index in [1.165, 1.54) is 4.90 Å². The predicted molar refractivity (Wildman–Crippen MR) is 67.9 cm³/mol. The van der Waals surface area contributed by atoms with Gasteiger partial charge in [0.1, 0.15) is 5.60 Å². The summed E-state index contributed by atoms with van der Waals surface area (Å²) in [4.78, 5) is 13.5. The fourth-order valence-electron chi connectivity index (χ4n) is 2.21. The van der Waals surface area contributed by atoms with Crippen LogP contribution in [0.4, 0.5) is 4.79 Å². The lowest BCUT2D eigenvalue weighted by molar-refractivity contribution is -0.0355. The molecule has 1 heterocycles. The highest BCUT2D eigenvalue weighted by atomic mass is 16.6. The summed E-state index contributed by atoms with van der Waals surface area (Å²) in [6, 6.07) is 7.34. The number of hydrogen-bond donors (Lipinski definition) is 1. The fourth-order valence-corrected chi connectivity index (χ4v) is 2.21. The molecule has 2 rings (SSSR count). The number of aliphatic hydroxyl groups is 1. The maximum atomic E-state index is 12.1. The minimum atomic E-state index is -0.925. The van der Waals surface area contributed by atoms with Gasteiger partial charge in [-0.25, -0.2) is 4.79 Å². The molecule has 1 amide bonds. The zero-order chi connectivity index (χ0) is 13.5. The van der Waals surface area contributed by atoms with Crippen molar-refractivity contribution < 1.29 is 14.6 Å². The summed E-state index contributed by atoms with van der Waals surface area (Å²) in [5.41, 5.74) is 1.18. The summed E-state index contributed by atoms with van der Waals surface area (Å²) < 4.78 is 5.32. The van der Waals surface area contributed by atoms with Crippen LogP contribution in [0.25, 0.3) is 0 Å². The molecular formula is C14H19NO3. The Balaban J connectivity index is 2.25. The summed E-state index contributed by atoms with van der Waals surface area (Å²) in [7, 11) is 0. The third kappa shape index (κ3) is 2.20. The van der Waals surface area contributed by atoms with E-state index in [9.17, 15) is 9.90 Å². The quantitative estimate of drug-likeness (QED) is 0.769. The van der Waals surface area contributed by atoms with Gasteiger partial charge in [-0.3, -0.25) is 4.90 Å². The molecule has 1 aromatic rings. The lowest BCUT2D eigenvalue weighted by atomic mass is 10.1. The van der Waals surface area contributed by atoms with Gasteiger partial charge in [-0.15, -0.1) is 0 Å². The second kappa shape index (κ2) is 4.28. The summed E-state index contributed by atoms with van der Waals surface area (Å²) in [6.45, 7) is 7.32. The minimum absolute atomic E-state index is 0.175.